The monoisotopic (exact) mass is 469 g/mol. The van der Waals surface area contributed by atoms with Crippen molar-refractivity contribution in [1.82, 2.24) is 14.9 Å². The molecule has 33 heavy (non-hydrogen) atoms. The van der Waals surface area contributed by atoms with Crippen LogP contribution in [-0.2, 0) is 9.53 Å². The lowest BCUT2D eigenvalue weighted by Crippen LogP contribution is -2.44. The highest BCUT2D eigenvalue weighted by Gasteiger charge is 2.35. The molecule has 1 saturated heterocycles. The third-order valence-electron chi connectivity index (χ3n) is 6.96. The fraction of sp³-hybridized carbons (Fsp3) is 0.462. The van der Waals surface area contributed by atoms with E-state index >= 15 is 0 Å². The Labute approximate surface area is 198 Å². The lowest BCUT2D eigenvalue weighted by molar-refractivity contribution is -0.127. The second-order valence-corrected chi connectivity index (χ2v) is 9.62. The molecule has 1 N–H and O–H groups in total. The zero-order valence-corrected chi connectivity index (χ0v) is 19.4. The van der Waals surface area contributed by atoms with Crippen LogP contribution in [0.25, 0.3) is 22.4 Å². The minimum absolute atomic E-state index is 0.00688. The molecule has 0 bridgehead atoms. The lowest BCUT2D eigenvalue weighted by atomic mass is 9.89. The van der Waals surface area contributed by atoms with Crippen LogP contribution in [0.15, 0.2) is 42.5 Å². The minimum atomic E-state index is -0.492. The summed E-state index contributed by atoms with van der Waals surface area (Å²) >= 11 is 6.13. The molecule has 1 aliphatic heterocycles. The van der Waals surface area contributed by atoms with Crippen LogP contribution in [0, 0.1) is 11.7 Å². The van der Waals surface area contributed by atoms with Gasteiger partial charge in [0.2, 0.25) is 5.91 Å². The summed E-state index contributed by atoms with van der Waals surface area (Å²) in [4.78, 5) is 18.7. The van der Waals surface area contributed by atoms with Gasteiger partial charge in [-0.3, -0.25) is 4.79 Å². The van der Waals surface area contributed by atoms with Crippen molar-refractivity contribution >= 4 is 28.5 Å². The molecule has 2 aliphatic rings. The number of nitrogens with zero attached hydrogens (tertiary/aromatic N) is 2. The Kier molecular flexibility index (Phi) is 6.65. The Balaban J connectivity index is 1.63. The minimum Gasteiger partial charge on any atom is -0.381 e. The molecule has 5 rings (SSSR count). The Hall–Kier alpha value is -2.44. The number of carbonyl (C=O) groups is 1. The number of carbonyl (C=O) groups excluding carboxylic acids is 1. The van der Waals surface area contributed by atoms with Gasteiger partial charge in [0.15, 0.2) is 0 Å². The number of hydrogen-bond acceptors (Lipinski definition) is 3. The smallest absolute Gasteiger partial charge is 0.243 e. The molecule has 5 nitrogen and oxygen atoms in total. The summed E-state index contributed by atoms with van der Waals surface area (Å²) in [5.74, 6) is 0.383. The first-order valence-electron chi connectivity index (χ1n) is 11.9. The predicted molar refractivity (Wildman–Crippen MR) is 128 cm³/mol. The van der Waals surface area contributed by atoms with Crippen LogP contribution in [0.2, 0.25) is 5.02 Å². The molecule has 2 fully saturated rings. The van der Waals surface area contributed by atoms with E-state index in [2.05, 4.69) is 5.32 Å². The van der Waals surface area contributed by atoms with E-state index in [0.29, 0.717) is 35.1 Å². The molecule has 1 amide bonds. The van der Waals surface area contributed by atoms with E-state index in [1.807, 2.05) is 28.8 Å². The van der Waals surface area contributed by atoms with Gasteiger partial charge in [0, 0.05) is 29.8 Å². The molecule has 0 spiro atoms. The first-order valence-corrected chi connectivity index (χ1v) is 12.3. The van der Waals surface area contributed by atoms with Gasteiger partial charge in [-0.1, -0.05) is 30.9 Å². The molecule has 2 aromatic carbocycles. The fourth-order valence-electron chi connectivity index (χ4n) is 5.26. The summed E-state index contributed by atoms with van der Waals surface area (Å²) in [5, 5.41) is 3.96. The molecule has 1 aliphatic carbocycles. The largest absolute Gasteiger partial charge is 0.381 e. The van der Waals surface area contributed by atoms with E-state index in [0.717, 1.165) is 44.1 Å². The van der Waals surface area contributed by atoms with E-state index in [9.17, 15) is 9.18 Å². The summed E-state index contributed by atoms with van der Waals surface area (Å²) in [6, 6.07) is 11.7. The highest BCUT2D eigenvalue weighted by molar-refractivity contribution is 6.30. The van der Waals surface area contributed by atoms with E-state index in [4.69, 9.17) is 21.3 Å². The third-order valence-corrected chi connectivity index (χ3v) is 7.22. The van der Waals surface area contributed by atoms with Crippen LogP contribution in [0.5, 0.6) is 0 Å². The molecule has 1 saturated carbocycles. The topological polar surface area (TPSA) is 56.1 Å². The van der Waals surface area contributed by atoms with E-state index in [-0.39, 0.29) is 23.7 Å². The van der Waals surface area contributed by atoms with Gasteiger partial charge < -0.3 is 14.6 Å². The van der Waals surface area contributed by atoms with Gasteiger partial charge in [-0.05, 0) is 74.1 Å². The average Bonchev–Trinajstić information content (AvgIpc) is 3.19. The number of fused-ring (bicyclic) bond motifs is 1. The van der Waals surface area contributed by atoms with Gasteiger partial charge >= 0.3 is 0 Å². The predicted octanol–water partition coefficient (Wildman–Crippen LogP) is 5.91. The Morgan fingerprint density at radius 1 is 1.06 bits per heavy atom. The number of hydrogen-bond donors (Lipinski definition) is 1. The zero-order chi connectivity index (χ0) is 22.8. The number of imidazole rings is 1. The second kappa shape index (κ2) is 9.82. The first kappa shape index (κ1) is 22.4. The Morgan fingerprint density at radius 3 is 2.52 bits per heavy atom. The van der Waals surface area contributed by atoms with Crippen molar-refractivity contribution in [2.24, 2.45) is 5.92 Å². The number of amides is 1. The number of ether oxygens (including phenoxy) is 1. The SMILES string of the molecule is O=C(NC1CCCCC1)C(C1CCOCC1)n1c(-c2ccc(Cl)cc2)nc2ccc(F)cc21. The quantitative estimate of drug-likeness (QED) is 0.505. The van der Waals surface area contributed by atoms with Crippen LogP contribution in [0.3, 0.4) is 0 Å². The lowest BCUT2D eigenvalue weighted by Gasteiger charge is -2.33. The third kappa shape index (κ3) is 4.78. The molecule has 174 valence electrons. The fourth-order valence-corrected chi connectivity index (χ4v) is 5.38. The molecule has 0 radical (unpaired) electrons. The molecule has 3 aromatic rings. The molecular weight excluding hydrogens is 441 g/mol. The van der Waals surface area contributed by atoms with Crippen molar-refractivity contribution in [2.45, 2.75) is 57.0 Å². The zero-order valence-electron chi connectivity index (χ0n) is 18.6. The second-order valence-electron chi connectivity index (χ2n) is 9.18. The molecule has 7 heteroatoms. The van der Waals surface area contributed by atoms with Crippen molar-refractivity contribution in [2.75, 3.05) is 13.2 Å². The van der Waals surface area contributed by atoms with Gasteiger partial charge in [0.25, 0.3) is 0 Å². The van der Waals surface area contributed by atoms with Crippen molar-refractivity contribution in [3.8, 4) is 11.4 Å². The maximum absolute atomic E-state index is 14.4. The molecule has 2 heterocycles. The van der Waals surface area contributed by atoms with Crippen LogP contribution >= 0.6 is 11.6 Å². The van der Waals surface area contributed by atoms with Gasteiger partial charge in [-0.2, -0.15) is 0 Å². The number of benzene rings is 2. The van der Waals surface area contributed by atoms with Crippen molar-refractivity contribution in [3.05, 3.63) is 53.3 Å². The van der Waals surface area contributed by atoms with Crippen LogP contribution in [0.1, 0.15) is 51.0 Å². The maximum Gasteiger partial charge on any atom is 0.243 e. The molecule has 1 aromatic heterocycles. The number of rotatable bonds is 5. The standard InChI is InChI=1S/C26H29ClFN3O2/c27-19-8-6-18(7-9-19)25-30-22-11-10-20(28)16-23(22)31(25)24(17-12-14-33-15-13-17)26(32)29-21-4-2-1-3-5-21/h6-11,16-17,21,24H,1-5,12-15H2,(H,29,32). The summed E-state index contributed by atoms with van der Waals surface area (Å²) in [7, 11) is 0. The van der Waals surface area contributed by atoms with Crippen molar-refractivity contribution in [3.63, 3.8) is 0 Å². The van der Waals surface area contributed by atoms with E-state index in [1.165, 1.54) is 18.6 Å². The Morgan fingerprint density at radius 2 is 1.79 bits per heavy atom. The first-order chi connectivity index (χ1) is 16.1. The van der Waals surface area contributed by atoms with E-state index in [1.54, 1.807) is 6.07 Å². The normalized spacial score (nSPS) is 19.0. The Bertz CT molecular complexity index is 1120. The number of halogens is 2. The van der Waals surface area contributed by atoms with Crippen molar-refractivity contribution < 1.29 is 13.9 Å². The van der Waals surface area contributed by atoms with Gasteiger partial charge in [-0.25, -0.2) is 9.37 Å². The summed E-state index contributed by atoms with van der Waals surface area (Å²) in [5.41, 5.74) is 2.15. The summed E-state index contributed by atoms with van der Waals surface area (Å²) in [6.45, 7) is 1.24. The van der Waals surface area contributed by atoms with Gasteiger partial charge in [-0.15, -0.1) is 0 Å². The van der Waals surface area contributed by atoms with Crippen LogP contribution in [-0.4, -0.2) is 34.7 Å². The number of nitrogens with one attached hydrogen (secondary N) is 1. The molecular formula is C26H29ClFN3O2. The van der Waals surface area contributed by atoms with E-state index < -0.39 is 6.04 Å². The molecule has 1 unspecified atom stereocenters. The maximum atomic E-state index is 14.4. The van der Waals surface area contributed by atoms with Gasteiger partial charge in [0.05, 0.1) is 11.0 Å². The molecule has 1 atom stereocenters. The van der Waals surface area contributed by atoms with Crippen molar-refractivity contribution in [1.29, 1.82) is 0 Å². The number of aromatic nitrogens is 2. The highest BCUT2D eigenvalue weighted by Crippen LogP contribution is 2.36. The summed E-state index contributed by atoms with van der Waals surface area (Å²) < 4.78 is 21.9. The average molecular weight is 470 g/mol. The summed E-state index contributed by atoms with van der Waals surface area (Å²) in [6.07, 6.45) is 7.08. The highest BCUT2D eigenvalue weighted by atomic mass is 35.5. The van der Waals surface area contributed by atoms with Gasteiger partial charge in [0.1, 0.15) is 17.7 Å². The van der Waals surface area contributed by atoms with Crippen LogP contribution in [0.4, 0.5) is 4.39 Å². The van der Waals surface area contributed by atoms with Crippen LogP contribution < -0.4 is 5.32 Å².